The molecule has 1 aromatic heterocycles. The molecule has 0 saturated heterocycles. The van der Waals surface area contributed by atoms with Crippen LogP contribution in [0, 0.1) is 17.8 Å². The van der Waals surface area contributed by atoms with Crippen LogP contribution in [-0.2, 0) is 49.7 Å². The Balaban J connectivity index is 1.20. The molecule has 0 spiro atoms. The Hall–Kier alpha value is -6.29. The number of benzene rings is 4. The number of aryl methyl sites for hydroxylation is 1. The monoisotopic (exact) mass is 918 g/mol. The lowest BCUT2D eigenvalue weighted by molar-refractivity contribution is -0.190. The van der Waals surface area contributed by atoms with E-state index >= 15 is 4.79 Å². The number of hydrogen-bond acceptors (Lipinski definition) is 11. The number of allylic oxidation sites excluding steroid dienone is 3. The third-order valence-electron chi connectivity index (χ3n) is 14.3. The van der Waals surface area contributed by atoms with Crippen molar-refractivity contribution in [3.8, 4) is 17.6 Å². The van der Waals surface area contributed by atoms with E-state index in [0.717, 1.165) is 34.2 Å². The molecule has 1 aliphatic carbocycles. The average Bonchev–Trinajstić information content (AvgIpc) is 3.32. The molecule has 0 saturated carbocycles. The summed E-state index contributed by atoms with van der Waals surface area (Å²) in [6, 6.07) is 28.8. The zero-order chi connectivity index (χ0) is 47.5. The highest BCUT2D eigenvalue weighted by molar-refractivity contribution is 5.90. The first-order valence-corrected chi connectivity index (χ1v) is 23.7. The van der Waals surface area contributed by atoms with Crippen LogP contribution in [0.1, 0.15) is 127 Å². The van der Waals surface area contributed by atoms with Gasteiger partial charge in [-0.05, 0) is 110 Å². The van der Waals surface area contributed by atoms with Crippen LogP contribution in [0.25, 0.3) is 11.0 Å². The molecule has 5 aromatic rings. The van der Waals surface area contributed by atoms with Crippen LogP contribution < -0.4 is 10.4 Å². The van der Waals surface area contributed by atoms with Crippen LogP contribution in [0.5, 0.6) is 5.75 Å². The maximum absolute atomic E-state index is 15.1. The van der Waals surface area contributed by atoms with Gasteiger partial charge >= 0.3 is 17.6 Å². The van der Waals surface area contributed by atoms with Crippen molar-refractivity contribution in [1.82, 2.24) is 0 Å². The summed E-state index contributed by atoms with van der Waals surface area (Å²) in [7, 11) is 0. The Morgan fingerprint density at radius 1 is 0.897 bits per heavy atom. The van der Waals surface area contributed by atoms with Crippen molar-refractivity contribution in [2.45, 2.75) is 114 Å². The molecule has 4 heterocycles. The molecule has 4 aromatic carbocycles. The molecule has 68 heavy (non-hydrogen) atoms. The normalized spacial score (nSPS) is 23.7. The van der Waals surface area contributed by atoms with Crippen LogP contribution in [0.15, 0.2) is 117 Å². The second kappa shape index (κ2) is 20.1. The van der Waals surface area contributed by atoms with Crippen LogP contribution >= 0.6 is 0 Å². The van der Waals surface area contributed by atoms with Gasteiger partial charge in [-0.2, -0.15) is 0 Å². The zero-order valence-corrected chi connectivity index (χ0v) is 38.8. The first kappa shape index (κ1) is 46.8. The molecule has 0 radical (unpaired) electrons. The predicted octanol–water partition coefficient (Wildman–Crippen LogP) is 8.72. The standard InChI is InChI=1S/C57H58O11/c1-34(2)43-18-15-36-16-19-44-40(27-36)13-7-8-24-57(3)54(67-55(43)62)53(51-48(68-57)22-21-46-47(31-59)50(56(63)66-52(46)51)41(23-25-58)32-64-33-60)65-49(61)30-42-29-39(17-20-45(42)44)38-14-9-12-37(28-38)26-35-10-5-4-6-11-35/h4-6,9-12,14,16-17,19-22,27-28,39,41-42,45,53-54,58-60H,13,15,18,23-26,29-33H2,1-3H3/t39-,41-,42+,45-,53-,54+,57-/m1/s1. The summed E-state index contributed by atoms with van der Waals surface area (Å²) < 4.78 is 31.6. The van der Waals surface area contributed by atoms with Crippen molar-refractivity contribution >= 4 is 22.9 Å². The molecular weight excluding hydrogens is 861 g/mol. The molecule has 11 nitrogen and oxygen atoms in total. The number of ether oxygens (including phenoxy) is 4. The third kappa shape index (κ3) is 9.43. The molecule has 0 amide bonds. The van der Waals surface area contributed by atoms with Gasteiger partial charge in [0.15, 0.2) is 17.8 Å². The number of fused-ring (bicyclic) bond motifs is 9. The fourth-order valence-electron chi connectivity index (χ4n) is 10.8. The number of rotatable bonds is 10. The highest BCUT2D eigenvalue weighted by Gasteiger charge is 2.53. The van der Waals surface area contributed by atoms with E-state index in [2.05, 4.69) is 78.6 Å². The molecule has 0 unspecified atom stereocenters. The Labute approximate surface area is 396 Å². The van der Waals surface area contributed by atoms with E-state index < -0.39 is 54.7 Å². The minimum Gasteiger partial charge on any atom is -0.482 e. The molecule has 352 valence electrons. The van der Waals surface area contributed by atoms with E-state index in [1.54, 1.807) is 19.1 Å². The SMILES string of the molecule is CC(C)=C1CCc2ccc3c(c2)CC#CC[C@@]2(C)Oc4ccc5c(CO)c([C@H](CCO)COCO)c(=O)oc5c4[C@@H](OC(=O)C[C@@H]4C[C@H](c5cccc(Cc6ccccc6)c5)C=C[C@@H]34)[C@@H]2OC1=O. The number of aliphatic hydroxyl groups excluding tert-OH is 3. The smallest absolute Gasteiger partial charge is 0.340 e. The average molecular weight is 919 g/mol. The molecule has 9 rings (SSSR count). The van der Waals surface area contributed by atoms with Gasteiger partial charge in [0.1, 0.15) is 18.1 Å². The topological polar surface area (TPSA) is 162 Å². The summed E-state index contributed by atoms with van der Waals surface area (Å²) in [4.78, 5) is 43.9. The Bertz CT molecular complexity index is 2900. The fourth-order valence-corrected chi connectivity index (χ4v) is 10.8. The van der Waals surface area contributed by atoms with Crippen molar-refractivity contribution in [3.63, 3.8) is 0 Å². The van der Waals surface area contributed by atoms with Crippen molar-refractivity contribution in [2.24, 2.45) is 5.92 Å². The predicted molar refractivity (Wildman–Crippen MR) is 256 cm³/mol. The molecule has 7 atom stereocenters. The summed E-state index contributed by atoms with van der Waals surface area (Å²) in [5.41, 5.74) is 6.37. The summed E-state index contributed by atoms with van der Waals surface area (Å²) >= 11 is 0. The van der Waals surface area contributed by atoms with E-state index in [1.807, 2.05) is 32.0 Å². The van der Waals surface area contributed by atoms with Gasteiger partial charge in [-0.25, -0.2) is 9.59 Å². The van der Waals surface area contributed by atoms with Crippen molar-refractivity contribution in [3.05, 3.63) is 169 Å². The molecular formula is C57H58O11. The molecule has 3 aliphatic heterocycles. The van der Waals surface area contributed by atoms with Crippen LogP contribution in [0.2, 0.25) is 0 Å². The van der Waals surface area contributed by atoms with Gasteiger partial charge in [-0.3, -0.25) is 4.79 Å². The van der Waals surface area contributed by atoms with Gasteiger partial charge in [0.05, 0.1) is 25.2 Å². The van der Waals surface area contributed by atoms with Crippen LogP contribution in [0.4, 0.5) is 0 Å². The Kier molecular flexibility index (Phi) is 13.9. The maximum Gasteiger partial charge on any atom is 0.340 e. The van der Waals surface area contributed by atoms with Gasteiger partial charge < -0.3 is 38.7 Å². The Morgan fingerprint density at radius 3 is 2.50 bits per heavy atom. The molecule has 3 N–H and O–H groups in total. The van der Waals surface area contributed by atoms with Gasteiger partial charge in [0.25, 0.3) is 0 Å². The zero-order valence-electron chi connectivity index (χ0n) is 38.8. The van der Waals surface area contributed by atoms with E-state index in [4.69, 9.17) is 23.4 Å². The van der Waals surface area contributed by atoms with Gasteiger partial charge in [0, 0.05) is 53.7 Å². The number of hydrogen-bond donors (Lipinski definition) is 3. The minimum atomic E-state index is -1.36. The highest BCUT2D eigenvalue weighted by atomic mass is 16.6. The quantitative estimate of drug-likeness (QED) is 0.0307. The maximum atomic E-state index is 15.1. The first-order chi connectivity index (χ1) is 33.0. The van der Waals surface area contributed by atoms with E-state index in [1.165, 1.54) is 11.1 Å². The second-order valence-electron chi connectivity index (χ2n) is 19.0. The second-order valence-corrected chi connectivity index (χ2v) is 19.0. The summed E-state index contributed by atoms with van der Waals surface area (Å²) in [6.45, 7) is 3.90. The lowest BCUT2D eigenvalue weighted by Crippen LogP contribution is -2.54. The van der Waals surface area contributed by atoms with Crippen LogP contribution in [-0.4, -0.2) is 59.0 Å². The lowest BCUT2D eigenvalue weighted by atomic mass is 9.71. The third-order valence-corrected chi connectivity index (χ3v) is 14.3. The number of carbonyl (C=O) groups is 2. The largest absolute Gasteiger partial charge is 0.482 e. The van der Waals surface area contributed by atoms with E-state index in [9.17, 15) is 24.9 Å². The van der Waals surface area contributed by atoms with Crippen molar-refractivity contribution in [2.75, 3.05) is 20.0 Å². The summed E-state index contributed by atoms with van der Waals surface area (Å²) in [5.74, 6) is 4.82. The Morgan fingerprint density at radius 2 is 1.72 bits per heavy atom. The van der Waals surface area contributed by atoms with E-state index in [-0.39, 0.29) is 78.3 Å². The number of esters is 2. The minimum absolute atomic E-state index is 0.00540. The fraction of sp³-hybridized carbons (Fsp3) is 0.386. The lowest BCUT2D eigenvalue weighted by Gasteiger charge is -2.45. The number of aliphatic hydroxyl groups is 3. The number of carbonyl (C=O) groups excluding carboxylic acids is 2. The molecule has 4 aliphatic rings. The molecule has 5 bridgehead atoms. The van der Waals surface area contributed by atoms with Crippen molar-refractivity contribution in [1.29, 1.82) is 0 Å². The first-order valence-electron chi connectivity index (χ1n) is 23.7. The molecule has 0 fully saturated rings. The molecule has 11 heteroatoms. The van der Waals surface area contributed by atoms with Crippen LogP contribution in [0.3, 0.4) is 0 Å². The highest BCUT2D eigenvalue weighted by Crippen LogP contribution is 2.50. The van der Waals surface area contributed by atoms with E-state index in [0.29, 0.717) is 36.6 Å². The summed E-state index contributed by atoms with van der Waals surface area (Å²) in [5, 5.41) is 30.7. The van der Waals surface area contributed by atoms with Crippen molar-refractivity contribution < 1.29 is 48.3 Å². The van der Waals surface area contributed by atoms with Gasteiger partial charge in [-0.15, -0.1) is 0 Å². The summed E-state index contributed by atoms with van der Waals surface area (Å²) in [6.07, 6.45) is 4.96. The van der Waals surface area contributed by atoms with Gasteiger partial charge in [-0.1, -0.05) is 102 Å². The van der Waals surface area contributed by atoms with Gasteiger partial charge in [0.2, 0.25) is 0 Å².